The van der Waals surface area contributed by atoms with Crippen molar-refractivity contribution in [2.75, 3.05) is 50.2 Å². The zero-order valence-electron chi connectivity index (χ0n) is 21.7. The van der Waals surface area contributed by atoms with Crippen LogP contribution in [0, 0.1) is 12.7 Å². The number of ether oxygens (including phenoxy) is 2. The first-order chi connectivity index (χ1) is 19.4. The molecule has 1 aliphatic rings. The normalized spacial score (nSPS) is 15.8. The first-order valence-electron chi connectivity index (χ1n) is 12.7. The van der Waals surface area contributed by atoms with E-state index in [1.807, 2.05) is 6.92 Å². The highest BCUT2D eigenvalue weighted by Crippen LogP contribution is 2.29. The summed E-state index contributed by atoms with van der Waals surface area (Å²) in [4.78, 5) is 27.3. The third-order valence-corrected chi connectivity index (χ3v) is 6.80. The highest BCUT2D eigenvalue weighted by atomic mass is 35.5. The second-order valence-corrected chi connectivity index (χ2v) is 9.58. The van der Waals surface area contributed by atoms with Crippen LogP contribution >= 0.6 is 11.6 Å². The summed E-state index contributed by atoms with van der Waals surface area (Å²) < 4.78 is 26.5. The fourth-order valence-corrected chi connectivity index (χ4v) is 4.56. The van der Waals surface area contributed by atoms with Gasteiger partial charge in [0.15, 0.2) is 5.82 Å². The number of morpholine rings is 1. The molecule has 4 heterocycles. The zero-order chi connectivity index (χ0) is 28.1. The van der Waals surface area contributed by atoms with E-state index < -0.39 is 11.7 Å². The Morgan fingerprint density at radius 3 is 2.90 bits per heavy atom. The maximum atomic E-state index is 13.4. The van der Waals surface area contributed by atoms with Crippen LogP contribution in [-0.2, 0) is 4.74 Å². The molecule has 1 aliphatic heterocycles. The molecule has 5 rings (SSSR count). The summed E-state index contributed by atoms with van der Waals surface area (Å²) in [6, 6.07) is 3.70. The van der Waals surface area contributed by atoms with Crippen molar-refractivity contribution in [1.82, 2.24) is 29.5 Å². The van der Waals surface area contributed by atoms with Crippen LogP contribution < -0.4 is 15.4 Å². The van der Waals surface area contributed by atoms with Gasteiger partial charge in [-0.25, -0.2) is 23.9 Å². The zero-order valence-corrected chi connectivity index (χ0v) is 22.4. The van der Waals surface area contributed by atoms with E-state index in [1.165, 1.54) is 30.9 Å². The molecule has 0 radical (unpaired) electrons. The number of benzene rings is 1. The lowest BCUT2D eigenvalue weighted by Gasteiger charge is -2.34. The van der Waals surface area contributed by atoms with Gasteiger partial charge < -0.3 is 19.9 Å². The Hall–Kier alpha value is -3.91. The minimum Gasteiger partial charge on any atom is -0.492 e. The number of hydrogen-bond acceptors (Lipinski definition) is 10. The molecule has 40 heavy (non-hydrogen) atoms. The average Bonchev–Trinajstić information content (AvgIpc) is 3.29. The molecule has 3 N–H and O–H groups in total. The van der Waals surface area contributed by atoms with Gasteiger partial charge in [-0.3, -0.25) is 15.0 Å². The number of rotatable bonds is 10. The van der Waals surface area contributed by atoms with Gasteiger partial charge in [0.05, 0.1) is 61.8 Å². The topological polar surface area (TPSA) is 139 Å². The molecule has 0 saturated carbocycles. The number of aryl methyl sites for hydroxylation is 1. The number of aliphatic hydroxyl groups is 1. The third kappa shape index (κ3) is 6.28. The van der Waals surface area contributed by atoms with E-state index in [4.69, 9.17) is 21.1 Å². The quantitative estimate of drug-likeness (QED) is 0.244. The predicted octanol–water partition coefficient (Wildman–Crippen LogP) is 3.08. The molecule has 0 unspecified atom stereocenters. The fraction of sp³-hybridized carbons (Fsp3) is 0.346. The van der Waals surface area contributed by atoms with E-state index in [0.29, 0.717) is 37.1 Å². The largest absolute Gasteiger partial charge is 0.492 e. The van der Waals surface area contributed by atoms with Gasteiger partial charge in [0.1, 0.15) is 23.4 Å². The van der Waals surface area contributed by atoms with Gasteiger partial charge in [0.25, 0.3) is 5.91 Å². The Morgan fingerprint density at radius 1 is 1.30 bits per heavy atom. The molecule has 1 fully saturated rings. The van der Waals surface area contributed by atoms with Crippen LogP contribution in [0.3, 0.4) is 0 Å². The summed E-state index contributed by atoms with van der Waals surface area (Å²) in [6.07, 6.45) is 7.03. The summed E-state index contributed by atoms with van der Waals surface area (Å²) >= 11 is 5.76. The van der Waals surface area contributed by atoms with Crippen LogP contribution in [0.2, 0.25) is 5.02 Å². The summed E-state index contributed by atoms with van der Waals surface area (Å²) in [5.74, 6) is 0.166. The van der Waals surface area contributed by atoms with Crippen molar-refractivity contribution >= 4 is 40.5 Å². The lowest BCUT2D eigenvalue weighted by atomic mass is 10.2. The molecule has 0 aliphatic carbocycles. The Labute approximate surface area is 234 Å². The van der Waals surface area contributed by atoms with E-state index in [1.54, 1.807) is 10.7 Å². The van der Waals surface area contributed by atoms with Crippen molar-refractivity contribution in [3.8, 4) is 5.75 Å². The fourth-order valence-electron chi connectivity index (χ4n) is 4.38. The Kier molecular flexibility index (Phi) is 8.65. The molecule has 1 aromatic carbocycles. The van der Waals surface area contributed by atoms with E-state index in [-0.39, 0.29) is 29.2 Å². The smallest absolute Gasteiger partial charge is 0.258 e. The number of anilines is 3. The number of aromatic nitrogens is 5. The number of nitrogens with zero attached hydrogens (tertiary/aromatic N) is 6. The number of aliphatic hydroxyl groups excluding tert-OH is 1. The predicted molar refractivity (Wildman–Crippen MR) is 146 cm³/mol. The second-order valence-electron chi connectivity index (χ2n) is 9.17. The number of fused-ring (bicyclic) bond motifs is 1. The number of amides is 1. The summed E-state index contributed by atoms with van der Waals surface area (Å²) in [7, 11) is 0. The summed E-state index contributed by atoms with van der Waals surface area (Å²) in [5.41, 5.74) is 2.32. The molecular weight excluding hydrogens is 543 g/mol. The van der Waals surface area contributed by atoms with Crippen LogP contribution in [0.25, 0.3) is 5.52 Å². The van der Waals surface area contributed by atoms with Crippen molar-refractivity contribution in [3.05, 3.63) is 65.1 Å². The number of halogens is 2. The van der Waals surface area contributed by atoms with Gasteiger partial charge in [-0.15, -0.1) is 0 Å². The van der Waals surface area contributed by atoms with Gasteiger partial charge >= 0.3 is 0 Å². The number of carbonyl (C=O) groups excluding carboxylic acids is 1. The van der Waals surface area contributed by atoms with Crippen LogP contribution in [0.1, 0.15) is 22.3 Å². The molecule has 0 spiro atoms. The van der Waals surface area contributed by atoms with Gasteiger partial charge in [-0.2, -0.15) is 5.10 Å². The first-order valence-corrected chi connectivity index (χ1v) is 13.0. The van der Waals surface area contributed by atoms with E-state index in [9.17, 15) is 14.3 Å². The Morgan fingerprint density at radius 2 is 2.12 bits per heavy atom. The SMILES string of the molecule is Cc1c(OCCCN2CCOC[C@H]2CO)cn2ncnc(Nc3cnc(NC(=O)c4ccc(F)c(Cl)c4)nc3)c12. The number of nitrogens with one attached hydrogen (secondary N) is 2. The Bertz CT molecular complexity index is 1490. The lowest BCUT2D eigenvalue weighted by Crippen LogP contribution is -2.47. The number of carbonyl (C=O) groups is 1. The van der Waals surface area contributed by atoms with Gasteiger partial charge in [0.2, 0.25) is 5.95 Å². The number of hydrogen-bond donors (Lipinski definition) is 3. The van der Waals surface area contributed by atoms with Crippen LogP contribution in [0.15, 0.2) is 43.1 Å². The molecule has 210 valence electrons. The van der Waals surface area contributed by atoms with E-state index in [0.717, 1.165) is 36.7 Å². The van der Waals surface area contributed by atoms with Gasteiger partial charge in [-0.05, 0) is 31.5 Å². The van der Waals surface area contributed by atoms with E-state index >= 15 is 0 Å². The lowest BCUT2D eigenvalue weighted by molar-refractivity contribution is -0.0287. The maximum Gasteiger partial charge on any atom is 0.258 e. The minimum absolute atomic E-state index is 0.0275. The molecule has 0 bridgehead atoms. The van der Waals surface area contributed by atoms with Crippen LogP contribution in [-0.4, -0.2) is 86.0 Å². The maximum absolute atomic E-state index is 13.4. The van der Waals surface area contributed by atoms with Crippen molar-refractivity contribution in [1.29, 1.82) is 0 Å². The third-order valence-electron chi connectivity index (χ3n) is 6.51. The van der Waals surface area contributed by atoms with Crippen molar-refractivity contribution in [2.45, 2.75) is 19.4 Å². The van der Waals surface area contributed by atoms with Crippen LogP contribution in [0.5, 0.6) is 5.75 Å². The monoisotopic (exact) mass is 570 g/mol. The van der Waals surface area contributed by atoms with Crippen molar-refractivity contribution in [3.63, 3.8) is 0 Å². The standard InChI is InChI=1S/C26H28ClFN8O4/c1-16-22(40-7-2-5-35-6-8-39-14-19(35)13-37)12-36-23(16)24(31-15-32-36)33-18-10-29-26(30-11-18)34-25(38)17-3-4-21(28)20(27)9-17/h3-4,9-12,15,19,37H,2,5-8,13-14H2,1H3,(H,31,32,33)(H,29,30,34,38)/t19-/m1/s1. The molecule has 1 atom stereocenters. The summed E-state index contributed by atoms with van der Waals surface area (Å²) in [6.45, 7) is 5.33. The molecular formula is C26H28ClFN8O4. The molecule has 1 amide bonds. The molecule has 14 heteroatoms. The van der Waals surface area contributed by atoms with Gasteiger partial charge in [-0.1, -0.05) is 11.6 Å². The molecule has 1 saturated heterocycles. The first kappa shape index (κ1) is 27.6. The molecule has 4 aromatic rings. The van der Waals surface area contributed by atoms with Crippen molar-refractivity contribution < 1.29 is 23.8 Å². The van der Waals surface area contributed by atoms with E-state index in [2.05, 4.69) is 35.6 Å². The highest BCUT2D eigenvalue weighted by Gasteiger charge is 2.22. The average molecular weight is 571 g/mol. The van der Waals surface area contributed by atoms with Gasteiger partial charge in [0, 0.05) is 24.2 Å². The van der Waals surface area contributed by atoms with Crippen molar-refractivity contribution in [2.24, 2.45) is 0 Å². The Balaban J connectivity index is 1.21. The molecule has 3 aromatic heterocycles. The second kappa shape index (κ2) is 12.5. The molecule has 12 nitrogen and oxygen atoms in total. The minimum atomic E-state index is -0.610. The summed E-state index contributed by atoms with van der Waals surface area (Å²) in [5, 5.41) is 19.4. The van der Waals surface area contributed by atoms with Crippen LogP contribution in [0.4, 0.5) is 21.8 Å². The highest BCUT2D eigenvalue weighted by molar-refractivity contribution is 6.31.